The number of aliphatic imine (C=N–C) groups is 1. The van der Waals surface area contributed by atoms with Gasteiger partial charge in [0.1, 0.15) is 60.4 Å². The van der Waals surface area contributed by atoms with E-state index < -0.39 is 163 Å². The number of primary amides is 1. The number of aromatic amines is 2. The van der Waals surface area contributed by atoms with E-state index in [1.807, 2.05) is 32.0 Å². The molecule has 2 heterocycles. The van der Waals surface area contributed by atoms with Crippen LogP contribution in [-0.2, 0) is 70.4 Å². The largest absolute Gasteiger partial charge is 0.394 e. The van der Waals surface area contributed by atoms with E-state index in [1.165, 1.54) is 12.5 Å². The number of carbonyl (C=O) groups excluding carboxylic acids is 12. The molecule has 558 valence electrons. The van der Waals surface area contributed by atoms with Crippen LogP contribution in [0.3, 0.4) is 0 Å². The molecule has 1 aromatic carbocycles. The number of nitrogens with zero attached hydrogens (tertiary/aromatic N) is 2. The summed E-state index contributed by atoms with van der Waals surface area (Å²) in [5.74, 6) is -11.1. The summed E-state index contributed by atoms with van der Waals surface area (Å²) < 4.78 is 0. The molecule has 100 heavy (non-hydrogen) atoms. The molecule has 34 nitrogen and oxygen atoms in total. The maximum Gasteiger partial charge on any atom is 0.245 e. The third-order valence-electron chi connectivity index (χ3n) is 16.8. The fraction of sp³-hybridized carbons (Fsp3) is 0.636. The second kappa shape index (κ2) is 44.7. The molecule has 34 heteroatoms. The molecule has 12 atom stereocenters. The number of amides is 12. The van der Waals surface area contributed by atoms with Crippen LogP contribution in [0.2, 0.25) is 0 Å². The van der Waals surface area contributed by atoms with Crippen LogP contribution in [0.4, 0.5) is 0 Å². The molecule has 0 aliphatic carbocycles. The van der Waals surface area contributed by atoms with Crippen molar-refractivity contribution in [3.8, 4) is 0 Å². The molecule has 0 spiro atoms. The van der Waals surface area contributed by atoms with Gasteiger partial charge in [0.05, 0.1) is 26.0 Å². The standard InChI is InChI=1S/C66H111N21O13/c1-9-38(7)54(64(99)80-44(56(70)91)22-17-25-74-66(71)72)87-62(97)48(27-37(5)6)82-61(96)50(29-41-32-73-35-77-41)79-53(90)33-76-57(92)47(26-36(3)4)84-65(100)55(39(8)10-2)86-59(94)46(21-14-16-24-68)81-63(98)51(34-88)85-60(95)49(28-40-31-75-43-19-12-11-18-42(40)43)83-58(93)45(20-13-15-23-67)78-52(89)30-69/h11-12,18-19,31-32,35-39,44-51,54-55,75,88H,9-10,13-17,20-30,33-34,67-69H2,1-8H3,(H2,70,91)(H,73,77)(H,76,92)(H,78,89)(H,79,90)(H,80,99)(H,81,98)(H,82,96)(H,83,93)(H,84,100)(H,85,95)(H,86,94)(H,87,97)(H4,71,72,74)/t38-,39-,44-,45-,46-,47-,48-,49-,50-,51-,54-,55-/m0/s1. The van der Waals surface area contributed by atoms with Gasteiger partial charge in [-0.15, -0.1) is 0 Å². The smallest absolute Gasteiger partial charge is 0.245 e. The molecule has 0 fully saturated rings. The number of guanidine groups is 1. The Morgan fingerprint density at radius 3 is 1.49 bits per heavy atom. The molecule has 26 N–H and O–H groups in total. The van der Waals surface area contributed by atoms with Gasteiger partial charge in [0, 0.05) is 48.4 Å². The number of nitrogens with two attached hydrogens (primary N) is 6. The number of aromatic nitrogens is 3. The first-order valence-corrected chi connectivity index (χ1v) is 34.4. The minimum Gasteiger partial charge on any atom is -0.394 e. The lowest BCUT2D eigenvalue weighted by molar-refractivity contribution is -0.136. The first-order valence-electron chi connectivity index (χ1n) is 34.4. The fourth-order valence-electron chi connectivity index (χ4n) is 10.8. The molecule has 3 rings (SSSR count). The third-order valence-corrected chi connectivity index (χ3v) is 16.8. The van der Waals surface area contributed by atoms with Gasteiger partial charge in [-0.2, -0.15) is 0 Å². The highest BCUT2D eigenvalue weighted by molar-refractivity contribution is 5.99. The number of imidazole rings is 1. The van der Waals surface area contributed by atoms with E-state index in [2.05, 4.69) is 78.4 Å². The van der Waals surface area contributed by atoms with Gasteiger partial charge in [-0.1, -0.05) is 86.4 Å². The number of hydrogen-bond donors (Lipinski definition) is 20. The quantitative estimate of drug-likeness (QED) is 0.0149. The summed E-state index contributed by atoms with van der Waals surface area (Å²) in [6.45, 7) is 12.8. The van der Waals surface area contributed by atoms with Gasteiger partial charge in [0.2, 0.25) is 70.9 Å². The molecular weight excluding hydrogens is 1290 g/mol. The van der Waals surface area contributed by atoms with Gasteiger partial charge in [0.25, 0.3) is 0 Å². The van der Waals surface area contributed by atoms with Crippen LogP contribution in [0.15, 0.2) is 48.0 Å². The van der Waals surface area contributed by atoms with E-state index in [0.29, 0.717) is 62.7 Å². The predicted octanol–water partition coefficient (Wildman–Crippen LogP) is -3.43. The second-order valence-electron chi connectivity index (χ2n) is 26.0. The van der Waals surface area contributed by atoms with Crippen LogP contribution < -0.4 is 92.9 Å². The molecule has 0 aliphatic rings. The van der Waals surface area contributed by atoms with E-state index in [9.17, 15) is 62.6 Å². The molecule has 3 aromatic rings. The summed E-state index contributed by atoms with van der Waals surface area (Å²) in [7, 11) is 0. The number of aliphatic hydroxyl groups excluding tert-OH is 1. The monoisotopic (exact) mass is 1410 g/mol. The number of unbranched alkanes of at least 4 members (excludes halogenated alkanes) is 2. The Kier molecular flexibility index (Phi) is 38.0. The lowest BCUT2D eigenvalue weighted by Crippen LogP contribution is -2.61. The fourth-order valence-corrected chi connectivity index (χ4v) is 10.8. The minimum absolute atomic E-state index is 0.0144. The van der Waals surface area contributed by atoms with Crippen molar-refractivity contribution in [3.05, 3.63) is 54.2 Å². The Bertz CT molecular complexity index is 3160. The average Bonchev–Trinajstić information content (AvgIpc) is 1.66. The highest BCUT2D eigenvalue weighted by Gasteiger charge is 2.38. The third kappa shape index (κ3) is 29.7. The summed E-state index contributed by atoms with van der Waals surface area (Å²) in [6, 6.07) is -5.84. The maximum atomic E-state index is 14.5. The number of rotatable bonds is 48. The van der Waals surface area contributed by atoms with Gasteiger partial charge < -0.3 is 108 Å². The Labute approximate surface area is 584 Å². The number of benzene rings is 1. The zero-order valence-electron chi connectivity index (χ0n) is 59.0. The predicted molar refractivity (Wildman–Crippen MR) is 375 cm³/mol. The molecular formula is C66H111N21O13. The number of para-hydroxylation sites is 1. The van der Waals surface area contributed by atoms with Crippen LogP contribution in [0, 0.1) is 23.7 Å². The summed E-state index contributed by atoms with van der Waals surface area (Å²) in [6.07, 6.45) is 7.33. The Morgan fingerprint density at radius 2 is 0.970 bits per heavy atom. The molecule has 12 amide bonds. The van der Waals surface area contributed by atoms with Crippen molar-refractivity contribution in [2.75, 3.05) is 39.3 Å². The first kappa shape index (κ1) is 84.9. The number of fused-ring (bicyclic) bond motifs is 1. The summed E-state index contributed by atoms with van der Waals surface area (Å²) in [4.78, 5) is 180. The van der Waals surface area contributed by atoms with Crippen molar-refractivity contribution >= 4 is 87.7 Å². The SMILES string of the molecule is CC[C@H](C)[C@H](NC(=O)[C@H](CC(C)C)NC(=O)[C@H](Cc1cnc[nH]1)NC(=O)CNC(=O)[C@H](CC(C)C)NC(=O)[C@@H](NC(=O)[C@H](CCCCN)NC(=O)[C@H](CO)NC(=O)[C@H](Cc1c[nH]c2ccccc12)NC(=O)[C@H](CCCCN)NC(=O)CN)[C@@H](C)CC)C(=O)N[C@@H](CCCN=C(N)N)C(N)=O. The molecule has 0 saturated heterocycles. The lowest BCUT2D eigenvalue weighted by Gasteiger charge is -2.29. The van der Waals surface area contributed by atoms with E-state index in [1.54, 1.807) is 53.8 Å². The number of carbonyl (C=O) groups is 12. The van der Waals surface area contributed by atoms with Crippen LogP contribution in [0.5, 0.6) is 0 Å². The van der Waals surface area contributed by atoms with E-state index >= 15 is 0 Å². The van der Waals surface area contributed by atoms with Crippen molar-refractivity contribution < 1.29 is 62.6 Å². The van der Waals surface area contributed by atoms with Crippen molar-refractivity contribution in [1.29, 1.82) is 0 Å². The molecule has 0 radical (unpaired) electrons. The summed E-state index contributed by atoms with van der Waals surface area (Å²) >= 11 is 0. The molecule has 0 unspecified atom stereocenters. The van der Waals surface area contributed by atoms with Crippen LogP contribution >= 0.6 is 0 Å². The van der Waals surface area contributed by atoms with Gasteiger partial charge >= 0.3 is 0 Å². The summed E-state index contributed by atoms with van der Waals surface area (Å²) in [5.41, 5.74) is 35.3. The van der Waals surface area contributed by atoms with Gasteiger partial charge in [0.15, 0.2) is 5.96 Å². The van der Waals surface area contributed by atoms with Crippen molar-refractivity contribution in [2.24, 2.45) is 63.1 Å². The highest BCUT2D eigenvalue weighted by atomic mass is 16.3. The van der Waals surface area contributed by atoms with Crippen molar-refractivity contribution in [3.63, 3.8) is 0 Å². The van der Waals surface area contributed by atoms with Gasteiger partial charge in [-0.25, -0.2) is 4.98 Å². The molecule has 2 aromatic heterocycles. The zero-order chi connectivity index (χ0) is 74.6. The number of H-pyrrole nitrogens is 2. The number of aliphatic hydroxyl groups is 1. The normalized spacial score (nSPS) is 14.9. The van der Waals surface area contributed by atoms with E-state index in [0.717, 1.165) is 10.9 Å². The topological polar surface area (TPSA) is 570 Å². The van der Waals surface area contributed by atoms with E-state index in [4.69, 9.17) is 34.4 Å². The Balaban J connectivity index is 1.84. The zero-order valence-corrected chi connectivity index (χ0v) is 59.0. The van der Waals surface area contributed by atoms with Crippen molar-refractivity contribution in [2.45, 2.75) is 206 Å². The average molecular weight is 1410 g/mol. The number of hydrogen-bond acceptors (Lipinski definition) is 18. The van der Waals surface area contributed by atoms with Crippen LogP contribution in [0.25, 0.3) is 10.9 Å². The Hall–Kier alpha value is -9.28. The molecule has 0 saturated carbocycles. The van der Waals surface area contributed by atoms with Crippen LogP contribution in [-0.4, -0.2) is 197 Å². The summed E-state index contributed by atoms with van der Waals surface area (Å²) in [5, 5.41) is 40.6. The van der Waals surface area contributed by atoms with Gasteiger partial charge in [-0.3, -0.25) is 62.5 Å². The van der Waals surface area contributed by atoms with Crippen LogP contribution in [0.1, 0.15) is 144 Å². The van der Waals surface area contributed by atoms with Crippen molar-refractivity contribution in [1.82, 2.24) is 73.4 Å². The lowest BCUT2D eigenvalue weighted by atomic mass is 9.96. The molecule has 0 bridgehead atoms. The van der Waals surface area contributed by atoms with E-state index in [-0.39, 0.29) is 75.8 Å². The second-order valence-corrected chi connectivity index (χ2v) is 26.0. The minimum atomic E-state index is -1.69. The number of nitrogens with one attached hydrogen (secondary N) is 13. The maximum absolute atomic E-state index is 14.5. The first-order chi connectivity index (χ1) is 47.5. The highest BCUT2D eigenvalue weighted by Crippen LogP contribution is 2.21. The Morgan fingerprint density at radius 1 is 0.510 bits per heavy atom. The van der Waals surface area contributed by atoms with Gasteiger partial charge in [-0.05, 0) is 113 Å². The molecule has 0 aliphatic heterocycles.